The zero-order valence-corrected chi connectivity index (χ0v) is 25.5. The first-order valence-electron chi connectivity index (χ1n) is 16.4. The highest BCUT2D eigenvalue weighted by Crippen LogP contribution is 2.60. The third kappa shape index (κ3) is 3.43. The molecule has 1 nitrogen and oxygen atoms in total. The largest absolute Gasteiger partial charge is 0.355 e. The lowest BCUT2D eigenvalue weighted by molar-refractivity contribution is 1.53. The van der Waals surface area contributed by atoms with Crippen LogP contribution in [-0.2, 0) is 0 Å². The minimum absolute atomic E-state index is 1.17. The van der Waals surface area contributed by atoms with E-state index in [0.717, 1.165) is 0 Å². The van der Waals surface area contributed by atoms with Gasteiger partial charge in [0.1, 0.15) is 0 Å². The Balaban J connectivity index is 1.33. The molecule has 0 bridgehead atoms. The summed E-state index contributed by atoms with van der Waals surface area (Å²) in [6.07, 6.45) is 0. The highest BCUT2D eigenvalue weighted by atomic mass is 14.7. The maximum absolute atomic E-state index is 3.64. The zero-order valence-electron chi connectivity index (χ0n) is 25.5. The molecule has 47 heavy (non-hydrogen) atoms. The molecule has 0 unspecified atom stereocenters. The molecule has 1 heteroatoms. The molecule has 0 saturated heterocycles. The van der Waals surface area contributed by atoms with Crippen LogP contribution in [0.5, 0.6) is 0 Å². The average Bonchev–Trinajstić information content (AvgIpc) is 3.76. The Bertz CT molecular complexity index is 2890. The van der Waals surface area contributed by atoms with Gasteiger partial charge in [0.05, 0.1) is 0 Å². The number of benzene rings is 8. The molecule has 8 aromatic carbocycles. The van der Waals surface area contributed by atoms with Gasteiger partial charge >= 0.3 is 0 Å². The van der Waals surface area contributed by atoms with E-state index in [4.69, 9.17) is 0 Å². The Hall–Kier alpha value is -6.18. The van der Waals surface area contributed by atoms with E-state index in [1.54, 1.807) is 0 Å². The fourth-order valence-corrected chi connectivity index (χ4v) is 8.39. The molecule has 1 N–H and O–H groups in total. The maximum atomic E-state index is 3.64. The van der Waals surface area contributed by atoms with Gasteiger partial charge in [-0.05, 0) is 130 Å². The number of rotatable bonds is 2. The van der Waals surface area contributed by atoms with Crippen molar-refractivity contribution in [1.29, 1.82) is 0 Å². The van der Waals surface area contributed by atoms with E-state index in [-0.39, 0.29) is 0 Å². The Kier molecular flexibility index (Phi) is 4.90. The molecule has 0 saturated carbocycles. The fourth-order valence-electron chi connectivity index (χ4n) is 8.39. The summed E-state index contributed by atoms with van der Waals surface area (Å²) in [6.45, 7) is 0. The molecule has 0 atom stereocenters. The van der Waals surface area contributed by atoms with Crippen LogP contribution in [0.4, 0.5) is 0 Å². The zero-order chi connectivity index (χ0) is 30.6. The second-order valence-electron chi connectivity index (χ2n) is 12.9. The number of nitrogens with one attached hydrogen (secondary N) is 1. The summed E-state index contributed by atoms with van der Waals surface area (Å²) >= 11 is 0. The number of fused-ring (bicyclic) bond motifs is 11. The van der Waals surface area contributed by atoms with Crippen molar-refractivity contribution in [3.63, 3.8) is 0 Å². The second kappa shape index (κ2) is 9.19. The summed E-state index contributed by atoms with van der Waals surface area (Å²) in [4.78, 5) is 3.64. The van der Waals surface area contributed by atoms with E-state index in [9.17, 15) is 0 Å². The standard InChI is InChI=1S/C46H27N/c1-3-13-30-24-39-37(22-28(30)11-1)43(32-20-21-42-36(26-32)34-17-7-8-19-41(34)47-42)45-40-25-31-14-4-2-12-29(31)23-38(40)44(46(39)45)35-18-9-15-27-10-5-6-16-33(27)35/h1-26,47H. The van der Waals surface area contributed by atoms with Crippen LogP contribution in [0.1, 0.15) is 33.4 Å². The predicted molar refractivity (Wildman–Crippen MR) is 199 cm³/mol. The summed E-state index contributed by atoms with van der Waals surface area (Å²) in [5.74, 6) is 0. The number of para-hydroxylation sites is 1. The van der Waals surface area contributed by atoms with Gasteiger partial charge in [0.15, 0.2) is 0 Å². The smallest absolute Gasteiger partial charge is 0.0465 e. The van der Waals surface area contributed by atoms with E-state index in [1.807, 2.05) is 0 Å². The van der Waals surface area contributed by atoms with Gasteiger partial charge in [-0.1, -0.05) is 115 Å². The third-order valence-corrected chi connectivity index (χ3v) is 10.5. The van der Waals surface area contributed by atoms with Crippen LogP contribution in [0, 0.1) is 0 Å². The maximum Gasteiger partial charge on any atom is 0.0465 e. The van der Waals surface area contributed by atoms with Crippen molar-refractivity contribution in [2.24, 2.45) is 0 Å². The van der Waals surface area contributed by atoms with Crippen LogP contribution in [0.25, 0.3) is 76.4 Å². The van der Waals surface area contributed by atoms with E-state index in [2.05, 4.69) is 163 Å². The topological polar surface area (TPSA) is 15.8 Å². The van der Waals surface area contributed by atoms with Crippen molar-refractivity contribution in [2.75, 3.05) is 0 Å². The predicted octanol–water partition coefficient (Wildman–Crippen LogP) is 12.0. The molecular weight excluding hydrogens is 567 g/mol. The number of hydrogen-bond donors (Lipinski definition) is 1. The third-order valence-electron chi connectivity index (χ3n) is 10.5. The lowest BCUT2D eigenvalue weighted by Crippen LogP contribution is -1.94. The molecule has 1 heterocycles. The fraction of sp³-hybridized carbons (Fsp3) is 0. The molecule has 11 rings (SSSR count). The summed E-state index contributed by atoms with van der Waals surface area (Å²) in [5, 5.41) is 10.1. The lowest BCUT2D eigenvalue weighted by atomic mass is 9.88. The van der Waals surface area contributed by atoms with Crippen molar-refractivity contribution in [3.8, 4) is 0 Å². The summed E-state index contributed by atoms with van der Waals surface area (Å²) < 4.78 is 0. The first-order chi connectivity index (χ1) is 23.3. The summed E-state index contributed by atoms with van der Waals surface area (Å²) in [5.41, 5.74) is 15.5. The van der Waals surface area contributed by atoms with Gasteiger partial charge in [-0.3, -0.25) is 0 Å². The van der Waals surface area contributed by atoms with Crippen LogP contribution in [0.2, 0.25) is 0 Å². The molecule has 2 aliphatic carbocycles. The van der Waals surface area contributed by atoms with E-state index in [1.165, 1.54) is 110 Å². The minimum atomic E-state index is 1.17. The molecule has 0 spiro atoms. The van der Waals surface area contributed by atoms with Gasteiger partial charge < -0.3 is 4.98 Å². The summed E-state index contributed by atoms with van der Waals surface area (Å²) in [7, 11) is 0. The van der Waals surface area contributed by atoms with Crippen molar-refractivity contribution in [3.05, 3.63) is 191 Å². The van der Waals surface area contributed by atoms with Crippen molar-refractivity contribution >= 4 is 76.4 Å². The van der Waals surface area contributed by atoms with Crippen LogP contribution in [0.15, 0.2) is 158 Å². The number of hydrogen-bond acceptors (Lipinski definition) is 0. The summed E-state index contributed by atoms with van der Waals surface area (Å²) in [6, 6.07) is 58.6. The van der Waals surface area contributed by atoms with Crippen molar-refractivity contribution in [1.82, 2.24) is 4.98 Å². The number of aromatic amines is 1. The molecule has 0 aliphatic heterocycles. The SMILES string of the molecule is c1ccc2cc3c(cc2c1)C1=C(c2cccc4ccccc24)c2cc4ccccc4cc2C1=C3c1ccc2[nH]c3ccccc3c2c1. The second-order valence-corrected chi connectivity index (χ2v) is 12.9. The highest BCUT2D eigenvalue weighted by molar-refractivity contribution is 6.37. The Morgan fingerprint density at radius 1 is 0.277 bits per heavy atom. The first-order valence-corrected chi connectivity index (χ1v) is 16.4. The van der Waals surface area contributed by atoms with Crippen LogP contribution >= 0.6 is 0 Å². The lowest BCUT2D eigenvalue weighted by Gasteiger charge is -2.15. The van der Waals surface area contributed by atoms with Gasteiger partial charge in [-0.25, -0.2) is 0 Å². The average molecular weight is 594 g/mol. The van der Waals surface area contributed by atoms with Crippen molar-refractivity contribution in [2.45, 2.75) is 0 Å². The van der Waals surface area contributed by atoms with E-state index >= 15 is 0 Å². The van der Waals surface area contributed by atoms with Crippen LogP contribution in [-0.4, -0.2) is 4.98 Å². The quantitative estimate of drug-likeness (QED) is 0.205. The van der Waals surface area contributed by atoms with Gasteiger partial charge in [0.2, 0.25) is 0 Å². The van der Waals surface area contributed by atoms with E-state index < -0.39 is 0 Å². The number of allylic oxidation sites excluding steroid dienone is 2. The minimum Gasteiger partial charge on any atom is -0.355 e. The molecule has 0 radical (unpaired) electrons. The van der Waals surface area contributed by atoms with Gasteiger partial charge in [0.25, 0.3) is 0 Å². The van der Waals surface area contributed by atoms with Gasteiger partial charge in [0, 0.05) is 21.8 Å². The van der Waals surface area contributed by atoms with Crippen LogP contribution in [0.3, 0.4) is 0 Å². The Morgan fingerprint density at radius 2 is 0.766 bits per heavy atom. The Labute approximate surface area is 271 Å². The number of H-pyrrole nitrogens is 1. The van der Waals surface area contributed by atoms with E-state index in [0.29, 0.717) is 0 Å². The number of aromatic nitrogens is 1. The normalized spacial score (nSPS) is 13.8. The molecule has 1 aromatic heterocycles. The molecular formula is C46H27N. The molecule has 0 fully saturated rings. The van der Waals surface area contributed by atoms with Gasteiger partial charge in [-0.15, -0.1) is 0 Å². The van der Waals surface area contributed by atoms with Gasteiger partial charge in [-0.2, -0.15) is 0 Å². The Morgan fingerprint density at radius 3 is 1.45 bits per heavy atom. The van der Waals surface area contributed by atoms with Crippen molar-refractivity contribution < 1.29 is 0 Å². The highest BCUT2D eigenvalue weighted by Gasteiger charge is 2.38. The monoisotopic (exact) mass is 593 g/mol. The first kappa shape index (κ1) is 25.1. The van der Waals surface area contributed by atoms with Crippen LogP contribution < -0.4 is 0 Å². The molecule has 216 valence electrons. The molecule has 9 aromatic rings. The molecule has 2 aliphatic rings. The molecule has 0 amide bonds.